The first-order chi connectivity index (χ1) is 12.4. The van der Waals surface area contributed by atoms with Crippen molar-refractivity contribution in [3.8, 4) is 11.1 Å². The van der Waals surface area contributed by atoms with Crippen LogP contribution in [0.5, 0.6) is 0 Å². The van der Waals surface area contributed by atoms with Gasteiger partial charge in [0.2, 0.25) is 5.91 Å². The smallest absolute Gasteiger partial charge is 0.230 e. The number of hydrogen-bond donors (Lipinski definition) is 4. The standard InChI is InChI=1S/C20H23FN4O/c1-11-4-3-5-16(21)19(11)13-6-12(2)15(8-18(22)23)17(7-13)25-20(26)14-9-24-10-14/h3-8,14,24H,9-10,22-23H2,1-2H3,(H,25,26). The van der Waals surface area contributed by atoms with Gasteiger partial charge in [-0.25, -0.2) is 4.39 Å². The van der Waals surface area contributed by atoms with Crippen LogP contribution in [-0.4, -0.2) is 19.0 Å². The van der Waals surface area contributed by atoms with Gasteiger partial charge >= 0.3 is 0 Å². The maximum Gasteiger partial charge on any atom is 0.230 e. The molecule has 6 heteroatoms. The summed E-state index contributed by atoms with van der Waals surface area (Å²) in [6, 6.07) is 8.62. The lowest BCUT2D eigenvalue weighted by atomic mass is 9.94. The van der Waals surface area contributed by atoms with Crippen LogP contribution in [0.2, 0.25) is 0 Å². The van der Waals surface area contributed by atoms with Crippen molar-refractivity contribution in [2.24, 2.45) is 17.4 Å². The molecule has 0 unspecified atom stereocenters. The Morgan fingerprint density at radius 3 is 2.54 bits per heavy atom. The topological polar surface area (TPSA) is 93.2 Å². The average Bonchev–Trinajstić information content (AvgIpc) is 2.48. The predicted octanol–water partition coefficient (Wildman–Crippen LogP) is 2.48. The van der Waals surface area contributed by atoms with E-state index in [0.717, 1.165) is 16.7 Å². The molecule has 0 aliphatic carbocycles. The van der Waals surface area contributed by atoms with Crippen LogP contribution in [0.25, 0.3) is 17.2 Å². The van der Waals surface area contributed by atoms with E-state index in [1.165, 1.54) is 6.07 Å². The molecule has 136 valence electrons. The molecule has 5 nitrogen and oxygen atoms in total. The average molecular weight is 354 g/mol. The van der Waals surface area contributed by atoms with Gasteiger partial charge in [-0.05, 0) is 48.7 Å². The number of carbonyl (C=O) groups is 1. The highest BCUT2D eigenvalue weighted by atomic mass is 19.1. The second-order valence-electron chi connectivity index (χ2n) is 6.67. The molecule has 0 spiro atoms. The van der Waals surface area contributed by atoms with Crippen molar-refractivity contribution in [2.75, 3.05) is 18.4 Å². The van der Waals surface area contributed by atoms with Gasteiger partial charge in [0, 0.05) is 29.9 Å². The van der Waals surface area contributed by atoms with E-state index in [-0.39, 0.29) is 23.5 Å². The number of benzene rings is 2. The molecule has 0 bridgehead atoms. The molecule has 1 heterocycles. The van der Waals surface area contributed by atoms with E-state index in [4.69, 9.17) is 11.5 Å². The minimum absolute atomic E-state index is 0.0683. The zero-order valence-electron chi connectivity index (χ0n) is 14.9. The molecule has 1 aliphatic rings. The third kappa shape index (κ3) is 3.55. The summed E-state index contributed by atoms with van der Waals surface area (Å²) in [7, 11) is 0. The van der Waals surface area contributed by atoms with Gasteiger partial charge in [0.1, 0.15) is 5.82 Å². The van der Waals surface area contributed by atoms with E-state index in [0.29, 0.717) is 29.9 Å². The molecule has 2 aromatic rings. The highest BCUT2D eigenvalue weighted by Crippen LogP contribution is 2.33. The molecular formula is C20H23FN4O. The maximum atomic E-state index is 14.4. The first-order valence-corrected chi connectivity index (χ1v) is 8.51. The number of hydrogen-bond acceptors (Lipinski definition) is 4. The second kappa shape index (κ2) is 7.17. The Bertz CT molecular complexity index is 863. The van der Waals surface area contributed by atoms with Crippen LogP contribution in [0.4, 0.5) is 10.1 Å². The zero-order valence-corrected chi connectivity index (χ0v) is 14.9. The van der Waals surface area contributed by atoms with Crippen LogP contribution in [0.1, 0.15) is 16.7 Å². The van der Waals surface area contributed by atoms with Gasteiger partial charge in [0.15, 0.2) is 0 Å². The van der Waals surface area contributed by atoms with E-state index < -0.39 is 0 Å². The number of amides is 1. The maximum absolute atomic E-state index is 14.4. The molecule has 0 radical (unpaired) electrons. The third-order valence-electron chi connectivity index (χ3n) is 4.62. The van der Waals surface area contributed by atoms with Gasteiger partial charge in [-0.2, -0.15) is 0 Å². The van der Waals surface area contributed by atoms with Crippen molar-refractivity contribution in [1.29, 1.82) is 0 Å². The summed E-state index contributed by atoms with van der Waals surface area (Å²) in [5, 5.41) is 6.03. The molecule has 0 aromatic heterocycles. The molecule has 1 saturated heterocycles. The van der Waals surface area contributed by atoms with Gasteiger partial charge in [0.05, 0.1) is 11.7 Å². The summed E-state index contributed by atoms with van der Waals surface area (Å²) < 4.78 is 14.4. The first kappa shape index (κ1) is 17.9. The number of rotatable bonds is 4. The summed E-state index contributed by atoms with van der Waals surface area (Å²) in [4.78, 5) is 12.4. The Kier molecular flexibility index (Phi) is 4.95. The van der Waals surface area contributed by atoms with Crippen LogP contribution in [-0.2, 0) is 4.79 Å². The molecular weight excluding hydrogens is 331 g/mol. The highest BCUT2D eigenvalue weighted by Gasteiger charge is 2.25. The quantitative estimate of drug-likeness (QED) is 0.679. The van der Waals surface area contributed by atoms with Gasteiger partial charge < -0.3 is 22.1 Å². The van der Waals surface area contributed by atoms with Crippen molar-refractivity contribution in [3.63, 3.8) is 0 Å². The van der Waals surface area contributed by atoms with E-state index in [1.807, 2.05) is 26.0 Å². The van der Waals surface area contributed by atoms with Gasteiger partial charge in [-0.1, -0.05) is 18.2 Å². The molecule has 3 rings (SSSR count). The van der Waals surface area contributed by atoms with Crippen LogP contribution < -0.4 is 22.1 Å². The number of aryl methyl sites for hydroxylation is 2. The second-order valence-corrected chi connectivity index (χ2v) is 6.67. The van der Waals surface area contributed by atoms with E-state index in [9.17, 15) is 9.18 Å². The summed E-state index contributed by atoms with van der Waals surface area (Å²) in [6.45, 7) is 5.05. The summed E-state index contributed by atoms with van der Waals surface area (Å²) in [6.07, 6.45) is 1.61. The normalized spacial score (nSPS) is 13.8. The highest BCUT2D eigenvalue weighted by molar-refractivity contribution is 5.97. The molecule has 1 amide bonds. The predicted molar refractivity (Wildman–Crippen MR) is 103 cm³/mol. The SMILES string of the molecule is Cc1cc(-c2c(C)cccc2F)cc(NC(=O)C2CNC2)c1C=C(N)N. The Morgan fingerprint density at radius 2 is 1.96 bits per heavy atom. The van der Waals surface area contributed by atoms with Crippen molar-refractivity contribution in [3.05, 3.63) is 58.7 Å². The number of nitrogens with two attached hydrogens (primary N) is 2. The minimum Gasteiger partial charge on any atom is -0.386 e. The first-order valence-electron chi connectivity index (χ1n) is 8.51. The number of carbonyl (C=O) groups excluding carboxylic acids is 1. The van der Waals surface area contributed by atoms with Gasteiger partial charge in [-0.15, -0.1) is 0 Å². The molecule has 1 aliphatic heterocycles. The van der Waals surface area contributed by atoms with Gasteiger partial charge in [0.25, 0.3) is 0 Å². The van der Waals surface area contributed by atoms with Crippen LogP contribution in [0.15, 0.2) is 36.2 Å². The Balaban J connectivity index is 2.10. The third-order valence-corrected chi connectivity index (χ3v) is 4.62. The van der Waals surface area contributed by atoms with E-state index >= 15 is 0 Å². The molecule has 26 heavy (non-hydrogen) atoms. The van der Waals surface area contributed by atoms with Crippen LogP contribution in [0, 0.1) is 25.6 Å². The fraction of sp³-hybridized carbons (Fsp3) is 0.250. The van der Waals surface area contributed by atoms with E-state index in [1.54, 1.807) is 18.2 Å². The monoisotopic (exact) mass is 354 g/mol. The Morgan fingerprint density at radius 1 is 1.23 bits per heavy atom. The Labute approximate surface area is 152 Å². The minimum atomic E-state index is -0.300. The lowest BCUT2D eigenvalue weighted by Crippen LogP contribution is -2.48. The summed E-state index contributed by atoms with van der Waals surface area (Å²) >= 11 is 0. The Hall–Kier alpha value is -2.86. The molecule has 2 aromatic carbocycles. The molecule has 1 fully saturated rings. The van der Waals surface area contributed by atoms with Crippen molar-refractivity contribution >= 4 is 17.7 Å². The van der Waals surface area contributed by atoms with Gasteiger partial charge in [-0.3, -0.25) is 4.79 Å². The number of nitrogens with one attached hydrogen (secondary N) is 2. The molecule has 0 saturated carbocycles. The summed E-state index contributed by atoms with van der Waals surface area (Å²) in [5.41, 5.74) is 15.5. The lowest BCUT2D eigenvalue weighted by molar-refractivity contribution is -0.121. The molecule has 6 N–H and O–H groups in total. The largest absolute Gasteiger partial charge is 0.386 e. The van der Waals surface area contributed by atoms with Crippen molar-refractivity contribution in [1.82, 2.24) is 5.32 Å². The van der Waals surface area contributed by atoms with E-state index in [2.05, 4.69) is 10.6 Å². The zero-order chi connectivity index (χ0) is 18.8. The van der Waals surface area contributed by atoms with Crippen LogP contribution >= 0.6 is 0 Å². The fourth-order valence-electron chi connectivity index (χ4n) is 3.11. The lowest BCUT2D eigenvalue weighted by Gasteiger charge is -2.26. The number of halogens is 1. The fourth-order valence-corrected chi connectivity index (χ4v) is 3.11. The number of anilines is 1. The summed E-state index contributed by atoms with van der Waals surface area (Å²) in [5.74, 6) is -0.299. The van der Waals surface area contributed by atoms with Crippen molar-refractivity contribution < 1.29 is 9.18 Å². The van der Waals surface area contributed by atoms with Crippen LogP contribution in [0.3, 0.4) is 0 Å². The van der Waals surface area contributed by atoms with Crippen molar-refractivity contribution in [2.45, 2.75) is 13.8 Å². The molecule has 0 atom stereocenters.